The first-order valence-corrected chi connectivity index (χ1v) is 7.19. The fourth-order valence-electron chi connectivity index (χ4n) is 1.50. The molecule has 1 unspecified atom stereocenters. The Morgan fingerprint density at radius 1 is 1.29 bits per heavy atom. The second kappa shape index (κ2) is 5.62. The number of hydrogen-bond acceptors (Lipinski definition) is 4. The van der Waals surface area contributed by atoms with Crippen molar-refractivity contribution < 1.29 is 8.42 Å². The van der Waals surface area contributed by atoms with Crippen LogP contribution in [0.4, 0.5) is 0 Å². The second-order valence-corrected chi connectivity index (χ2v) is 6.55. The summed E-state index contributed by atoms with van der Waals surface area (Å²) in [5.74, 6) is 0. The summed E-state index contributed by atoms with van der Waals surface area (Å²) in [6.07, 6.45) is 0. The van der Waals surface area contributed by atoms with Gasteiger partial charge in [-0.3, -0.25) is 0 Å². The Labute approximate surface area is 103 Å². The lowest BCUT2D eigenvalue weighted by atomic mass is 10.2. The smallest absolute Gasteiger partial charge is 0.195 e. The van der Waals surface area contributed by atoms with E-state index in [1.807, 2.05) is 19.9 Å². The third kappa shape index (κ3) is 3.52. The second-order valence-electron chi connectivity index (χ2n) is 4.41. The molecule has 0 aliphatic carbocycles. The Kier molecular flexibility index (Phi) is 4.68. The zero-order chi connectivity index (χ0) is 13.1. The molecule has 0 saturated carbocycles. The Morgan fingerprint density at radius 3 is 2.41 bits per heavy atom. The van der Waals surface area contributed by atoms with Crippen molar-refractivity contribution in [3.63, 3.8) is 0 Å². The van der Waals surface area contributed by atoms with E-state index < -0.39 is 15.2 Å². The molecule has 0 aliphatic rings. The van der Waals surface area contributed by atoms with Gasteiger partial charge in [0.15, 0.2) is 9.84 Å². The van der Waals surface area contributed by atoms with Crippen LogP contribution in [0, 0.1) is 6.92 Å². The minimum atomic E-state index is -3.45. The highest BCUT2D eigenvalue weighted by molar-refractivity contribution is 7.92. The van der Waals surface area contributed by atoms with Gasteiger partial charge in [0.05, 0.1) is 4.90 Å². The van der Waals surface area contributed by atoms with Crippen LogP contribution in [0.25, 0.3) is 0 Å². The molecule has 96 valence electrons. The number of hydrogen-bond donors (Lipinski definition) is 2. The van der Waals surface area contributed by atoms with Crippen molar-refractivity contribution in [3.05, 3.63) is 29.8 Å². The molecule has 0 amide bonds. The highest BCUT2D eigenvalue weighted by Gasteiger charge is 2.24. The lowest BCUT2D eigenvalue weighted by Crippen LogP contribution is -2.42. The summed E-state index contributed by atoms with van der Waals surface area (Å²) in [4.78, 5) is 0.318. The molecule has 1 atom stereocenters. The first-order chi connectivity index (χ1) is 7.85. The molecule has 4 nitrogen and oxygen atoms in total. The van der Waals surface area contributed by atoms with E-state index in [0.29, 0.717) is 4.90 Å². The maximum Gasteiger partial charge on any atom is 0.195 e. The quantitative estimate of drug-likeness (QED) is 0.826. The minimum Gasteiger partial charge on any atom is -0.314 e. The first-order valence-electron chi connectivity index (χ1n) is 5.64. The SMILES string of the molecule is Cc1ccccc1S(=O)(=O)C(N)CNC(C)C. The van der Waals surface area contributed by atoms with Crippen LogP contribution in [0.1, 0.15) is 19.4 Å². The van der Waals surface area contributed by atoms with Crippen molar-refractivity contribution >= 4 is 9.84 Å². The molecule has 3 N–H and O–H groups in total. The van der Waals surface area contributed by atoms with Crippen LogP contribution in [0.5, 0.6) is 0 Å². The van der Waals surface area contributed by atoms with E-state index >= 15 is 0 Å². The van der Waals surface area contributed by atoms with E-state index in [1.54, 1.807) is 25.1 Å². The maximum atomic E-state index is 12.2. The predicted molar refractivity (Wildman–Crippen MR) is 69.5 cm³/mol. The highest BCUT2D eigenvalue weighted by Crippen LogP contribution is 2.17. The lowest BCUT2D eigenvalue weighted by molar-refractivity contribution is 0.544. The molecule has 0 aliphatic heterocycles. The predicted octanol–water partition coefficient (Wildman–Crippen LogP) is 1.05. The van der Waals surface area contributed by atoms with Crippen LogP contribution in [0.2, 0.25) is 0 Å². The van der Waals surface area contributed by atoms with E-state index in [9.17, 15) is 8.42 Å². The van der Waals surface area contributed by atoms with Gasteiger partial charge in [-0.2, -0.15) is 0 Å². The number of nitrogens with two attached hydrogens (primary N) is 1. The van der Waals surface area contributed by atoms with E-state index in [0.717, 1.165) is 5.56 Å². The average molecular weight is 256 g/mol. The molecule has 0 heterocycles. The summed E-state index contributed by atoms with van der Waals surface area (Å²) < 4.78 is 24.4. The van der Waals surface area contributed by atoms with Crippen LogP contribution < -0.4 is 11.1 Å². The zero-order valence-electron chi connectivity index (χ0n) is 10.5. The molecular formula is C12H20N2O2S. The first kappa shape index (κ1) is 14.2. The third-order valence-electron chi connectivity index (χ3n) is 2.53. The molecule has 5 heteroatoms. The molecule has 0 spiro atoms. The van der Waals surface area contributed by atoms with E-state index in [4.69, 9.17) is 5.73 Å². The molecule has 1 aromatic rings. The van der Waals surface area contributed by atoms with Gasteiger partial charge in [-0.1, -0.05) is 32.0 Å². The summed E-state index contributed by atoms with van der Waals surface area (Å²) >= 11 is 0. The summed E-state index contributed by atoms with van der Waals surface area (Å²) in [5.41, 5.74) is 6.48. The molecule has 1 rings (SSSR count). The van der Waals surface area contributed by atoms with Crippen molar-refractivity contribution in [2.75, 3.05) is 6.54 Å². The summed E-state index contributed by atoms with van der Waals surface area (Å²) in [5, 5.41) is 2.13. The van der Waals surface area contributed by atoms with Crippen molar-refractivity contribution in [1.82, 2.24) is 5.32 Å². The third-order valence-corrected chi connectivity index (χ3v) is 4.56. The molecule has 0 saturated heterocycles. The van der Waals surface area contributed by atoms with Gasteiger partial charge >= 0.3 is 0 Å². The van der Waals surface area contributed by atoms with Gasteiger partial charge < -0.3 is 11.1 Å². The van der Waals surface area contributed by atoms with Gasteiger partial charge in [-0.25, -0.2) is 8.42 Å². The van der Waals surface area contributed by atoms with Crippen LogP contribution in [-0.4, -0.2) is 26.4 Å². The summed E-state index contributed by atoms with van der Waals surface area (Å²) in [6, 6.07) is 7.11. The van der Waals surface area contributed by atoms with Crippen molar-refractivity contribution in [2.24, 2.45) is 5.73 Å². The summed E-state index contributed by atoms with van der Waals surface area (Å²) in [6.45, 7) is 5.93. The van der Waals surface area contributed by atoms with Crippen molar-refractivity contribution in [1.29, 1.82) is 0 Å². The Morgan fingerprint density at radius 2 is 1.88 bits per heavy atom. The molecule has 1 aromatic carbocycles. The molecule has 0 radical (unpaired) electrons. The van der Waals surface area contributed by atoms with Gasteiger partial charge in [0, 0.05) is 12.6 Å². The van der Waals surface area contributed by atoms with Crippen molar-refractivity contribution in [3.8, 4) is 0 Å². The number of nitrogens with one attached hydrogen (secondary N) is 1. The standard InChI is InChI=1S/C12H20N2O2S/c1-9(2)14-8-12(13)17(15,16)11-7-5-4-6-10(11)3/h4-7,9,12,14H,8,13H2,1-3H3. The fourth-order valence-corrected chi connectivity index (χ4v) is 2.93. The Bertz CT molecular complexity index is 469. The van der Waals surface area contributed by atoms with Gasteiger partial charge in [-0.05, 0) is 18.6 Å². The molecule has 17 heavy (non-hydrogen) atoms. The molecule has 0 fully saturated rings. The summed E-state index contributed by atoms with van der Waals surface area (Å²) in [7, 11) is -3.45. The monoisotopic (exact) mass is 256 g/mol. The van der Waals surface area contributed by atoms with Crippen LogP contribution >= 0.6 is 0 Å². The Balaban J connectivity index is 2.92. The normalized spacial score (nSPS) is 13.9. The van der Waals surface area contributed by atoms with Crippen LogP contribution in [0.15, 0.2) is 29.2 Å². The number of benzene rings is 1. The molecule has 0 aromatic heterocycles. The zero-order valence-corrected chi connectivity index (χ0v) is 11.3. The average Bonchev–Trinajstić information content (AvgIpc) is 2.26. The van der Waals surface area contributed by atoms with Crippen LogP contribution in [0.3, 0.4) is 0 Å². The molecular weight excluding hydrogens is 236 g/mol. The van der Waals surface area contributed by atoms with Crippen LogP contribution in [-0.2, 0) is 9.84 Å². The van der Waals surface area contributed by atoms with Crippen molar-refractivity contribution in [2.45, 2.75) is 37.1 Å². The largest absolute Gasteiger partial charge is 0.314 e. The van der Waals surface area contributed by atoms with E-state index in [1.165, 1.54) is 0 Å². The van der Waals surface area contributed by atoms with E-state index in [-0.39, 0.29) is 12.6 Å². The highest BCUT2D eigenvalue weighted by atomic mass is 32.2. The van der Waals surface area contributed by atoms with E-state index in [2.05, 4.69) is 5.32 Å². The van der Waals surface area contributed by atoms with Gasteiger partial charge in [0.2, 0.25) is 0 Å². The van der Waals surface area contributed by atoms with Gasteiger partial charge in [0.25, 0.3) is 0 Å². The molecule has 0 bridgehead atoms. The van der Waals surface area contributed by atoms with Gasteiger partial charge in [-0.15, -0.1) is 0 Å². The van der Waals surface area contributed by atoms with Gasteiger partial charge in [0.1, 0.15) is 5.37 Å². The minimum absolute atomic E-state index is 0.216. The fraction of sp³-hybridized carbons (Fsp3) is 0.500. The number of rotatable bonds is 5. The number of aryl methyl sites for hydroxylation is 1. The number of sulfone groups is 1. The maximum absolute atomic E-state index is 12.2. The topological polar surface area (TPSA) is 72.2 Å². The Hall–Kier alpha value is -0.910. The lowest BCUT2D eigenvalue weighted by Gasteiger charge is -2.16.